The van der Waals surface area contributed by atoms with Crippen molar-refractivity contribution < 1.29 is 32.8 Å². The van der Waals surface area contributed by atoms with Crippen LogP contribution in [0.1, 0.15) is 39.7 Å². The second-order valence-corrected chi connectivity index (χ2v) is 16.1. The fraction of sp³-hybridized carbons (Fsp3) is 0.484. The van der Waals surface area contributed by atoms with Crippen LogP contribution in [0.5, 0.6) is 5.75 Å². The third-order valence-corrected chi connectivity index (χ3v) is 10.5. The van der Waals surface area contributed by atoms with E-state index >= 15 is 4.39 Å². The molecule has 0 spiro atoms. The molecule has 47 heavy (non-hydrogen) atoms. The minimum atomic E-state index is -3.65. The molecule has 1 fully saturated rings. The lowest BCUT2D eigenvalue weighted by molar-refractivity contribution is -0.148. The lowest BCUT2D eigenvalue weighted by atomic mass is 9.99. The zero-order valence-corrected chi connectivity index (χ0v) is 29.4. The van der Waals surface area contributed by atoms with E-state index in [0.717, 1.165) is 10.8 Å². The van der Waals surface area contributed by atoms with Crippen molar-refractivity contribution in [3.63, 3.8) is 0 Å². The number of nitrogens with zero attached hydrogens (tertiary/aromatic N) is 4. The molecule has 0 amide bonds. The molecule has 2 aromatic carbocycles. The molecule has 1 saturated heterocycles. The van der Waals surface area contributed by atoms with E-state index in [1.54, 1.807) is 33.0 Å². The van der Waals surface area contributed by atoms with Crippen LogP contribution in [-0.2, 0) is 30.6 Å². The number of nitrogens with one attached hydrogen (secondary N) is 2. The summed E-state index contributed by atoms with van der Waals surface area (Å²) in [6.45, 7) is 5.17. The smallest absolute Gasteiger partial charge is 0.323 e. The van der Waals surface area contributed by atoms with E-state index in [0.29, 0.717) is 28.6 Å². The van der Waals surface area contributed by atoms with Crippen LogP contribution in [0.25, 0.3) is 21.9 Å². The maximum atomic E-state index is 16.0. The van der Waals surface area contributed by atoms with Crippen LogP contribution >= 0.6 is 18.2 Å². The number of benzene rings is 2. The van der Waals surface area contributed by atoms with E-state index < -0.39 is 49.4 Å². The average molecular weight is 709 g/mol. The van der Waals surface area contributed by atoms with Gasteiger partial charge in [-0.1, -0.05) is 57.2 Å². The van der Waals surface area contributed by atoms with Gasteiger partial charge in [0.25, 0.3) is 0 Å². The highest BCUT2D eigenvalue weighted by atomic mass is 35.5. The number of anilines is 1. The van der Waals surface area contributed by atoms with Gasteiger partial charge in [-0.25, -0.2) is 24.4 Å². The zero-order valence-electron chi connectivity index (χ0n) is 26.9. The van der Waals surface area contributed by atoms with Crippen LogP contribution in [0.2, 0.25) is 0 Å². The van der Waals surface area contributed by atoms with Gasteiger partial charge in [-0.2, -0.15) is 0 Å². The van der Waals surface area contributed by atoms with Crippen LogP contribution < -0.4 is 14.9 Å². The van der Waals surface area contributed by atoms with Crippen LogP contribution in [0.3, 0.4) is 0 Å². The van der Waals surface area contributed by atoms with Crippen LogP contribution in [0, 0.1) is 12.3 Å². The summed E-state index contributed by atoms with van der Waals surface area (Å²) >= 11 is 12.3. The molecule has 254 valence electrons. The molecule has 16 heteroatoms. The van der Waals surface area contributed by atoms with Gasteiger partial charge in [0.05, 0.1) is 25.4 Å². The number of halogens is 2. The SMILES string of the molecule is CNc1nc(C)nc2c1ncn2[C@@H]1O[C@](CCl)(COP(=S)(N[C@H](C)C(=O)OCC(C)(C)C)Oc2cccc3ccccc23)[C@@H](O)[C@@H]1F. The summed E-state index contributed by atoms with van der Waals surface area (Å²) in [6, 6.07) is 12.1. The Kier molecular flexibility index (Phi) is 10.4. The largest absolute Gasteiger partial charge is 0.464 e. The highest BCUT2D eigenvalue weighted by Gasteiger charge is 2.57. The molecule has 2 aromatic heterocycles. The molecule has 0 bridgehead atoms. The number of aromatic nitrogens is 4. The summed E-state index contributed by atoms with van der Waals surface area (Å²) in [5.41, 5.74) is -1.31. The van der Waals surface area contributed by atoms with Crippen molar-refractivity contribution >= 4 is 63.8 Å². The number of hydrogen-bond acceptors (Lipinski definition) is 11. The van der Waals surface area contributed by atoms with Crippen molar-refractivity contribution in [3.8, 4) is 5.75 Å². The number of carbonyl (C=O) groups excluding carboxylic acids is 1. The van der Waals surface area contributed by atoms with Gasteiger partial charge in [-0.05, 0) is 42.5 Å². The van der Waals surface area contributed by atoms with Gasteiger partial charge in [0.1, 0.15) is 29.3 Å². The molecule has 3 heterocycles. The number of aryl methyl sites for hydroxylation is 1. The molecule has 0 radical (unpaired) electrons. The Morgan fingerprint density at radius 2 is 1.98 bits per heavy atom. The first-order valence-corrected chi connectivity index (χ1v) is 18.2. The van der Waals surface area contributed by atoms with Crippen LogP contribution in [0.15, 0.2) is 48.8 Å². The third kappa shape index (κ3) is 7.54. The Morgan fingerprint density at radius 1 is 1.26 bits per heavy atom. The quantitative estimate of drug-likeness (QED) is 0.0983. The standard InChI is InChI=1S/C31H39ClFN6O6PS/c1-18(29(41)42-15-30(3,4)5)38-46(47,45-22-13-9-11-20-10-7-8-12-21(20)22)43-16-31(14-32)25(40)23(33)28(44-31)39-17-35-24-26(34-6)36-19(2)37-27(24)39/h7-13,17-18,23,25,28,40H,14-16H2,1-6H3,(H,38,47)(H,34,36,37)/t18-,23+,25+,28-,31-,46?/m1/s1. The van der Waals surface area contributed by atoms with E-state index in [2.05, 4.69) is 25.4 Å². The molecule has 4 aromatic rings. The van der Waals surface area contributed by atoms with E-state index in [1.807, 2.05) is 51.1 Å². The predicted octanol–water partition coefficient (Wildman–Crippen LogP) is 5.42. The van der Waals surface area contributed by atoms with Crippen molar-refractivity contribution in [3.05, 3.63) is 54.6 Å². The number of esters is 1. The Labute approximate surface area is 282 Å². The molecule has 3 N–H and O–H groups in total. The van der Waals surface area contributed by atoms with Gasteiger partial charge in [0.2, 0.25) is 0 Å². The second-order valence-electron chi connectivity index (χ2n) is 12.6. The molecule has 12 nitrogen and oxygen atoms in total. The number of fused-ring (bicyclic) bond motifs is 2. The molecule has 0 aliphatic carbocycles. The van der Waals surface area contributed by atoms with Crippen molar-refractivity contribution in [1.29, 1.82) is 0 Å². The number of alkyl halides is 2. The van der Waals surface area contributed by atoms with Gasteiger partial charge in [0, 0.05) is 12.4 Å². The van der Waals surface area contributed by atoms with E-state index in [-0.39, 0.29) is 17.9 Å². The van der Waals surface area contributed by atoms with Gasteiger partial charge >= 0.3 is 12.6 Å². The molecular weight excluding hydrogens is 670 g/mol. The highest BCUT2D eigenvalue weighted by Crippen LogP contribution is 2.50. The number of aliphatic hydroxyl groups is 1. The summed E-state index contributed by atoms with van der Waals surface area (Å²) in [4.78, 5) is 26.1. The number of imidazole rings is 1. The first-order valence-electron chi connectivity index (χ1n) is 15.0. The second kappa shape index (κ2) is 13.9. The molecule has 1 aliphatic heterocycles. The normalized spacial score (nSPS) is 23.5. The average Bonchev–Trinajstić information content (AvgIpc) is 3.56. The number of rotatable bonds is 12. The maximum Gasteiger partial charge on any atom is 0.323 e. The number of ether oxygens (including phenoxy) is 2. The summed E-state index contributed by atoms with van der Waals surface area (Å²) < 4.78 is 41.6. The number of carbonyl (C=O) groups is 1. The van der Waals surface area contributed by atoms with Crippen LogP contribution in [-0.4, -0.2) is 80.7 Å². The fourth-order valence-corrected chi connectivity index (χ4v) is 7.82. The third-order valence-electron chi connectivity index (χ3n) is 7.54. The molecular formula is C31H39ClFN6O6PS. The summed E-state index contributed by atoms with van der Waals surface area (Å²) in [6.07, 6.45) is -3.66. The molecule has 1 unspecified atom stereocenters. The van der Waals surface area contributed by atoms with E-state index in [1.165, 1.54) is 10.9 Å². The first-order chi connectivity index (χ1) is 22.2. The lowest BCUT2D eigenvalue weighted by Crippen LogP contribution is -2.48. The van der Waals surface area contributed by atoms with Gasteiger partial charge in [-0.15, -0.1) is 11.6 Å². The predicted molar refractivity (Wildman–Crippen MR) is 182 cm³/mol. The number of aliphatic hydroxyl groups excluding tert-OH is 1. The Hall–Kier alpha value is -2.97. The Balaban J connectivity index is 1.44. The maximum absolute atomic E-state index is 16.0. The summed E-state index contributed by atoms with van der Waals surface area (Å²) in [5.74, 6) is 0.373. The fourth-order valence-electron chi connectivity index (χ4n) is 5.08. The molecule has 5 rings (SSSR count). The van der Waals surface area contributed by atoms with Crippen molar-refractivity contribution in [2.45, 2.75) is 64.8 Å². The summed E-state index contributed by atoms with van der Waals surface area (Å²) in [7, 11) is 1.69. The summed E-state index contributed by atoms with van der Waals surface area (Å²) in [5, 5.41) is 18.9. The minimum absolute atomic E-state index is 0.184. The van der Waals surface area contributed by atoms with Gasteiger partial charge in [-0.3, -0.25) is 9.36 Å². The van der Waals surface area contributed by atoms with Crippen molar-refractivity contribution in [2.75, 3.05) is 31.5 Å². The van der Waals surface area contributed by atoms with Crippen molar-refractivity contribution in [2.24, 2.45) is 5.41 Å². The molecule has 0 saturated carbocycles. The number of hydrogen-bond donors (Lipinski definition) is 3. The van der Waals surface area contributed by atoms with Gasteiger partial charge in [0.15, 0.2) is 29.4 Å². The zero-order chi connectivity index (χ0) is 34.1. The van der Waals surface area contributed by atoms with Crippen LogP contribution in [0.4, 0.5) is 10.2 Å². The molecule has 1 aliphatic rings. The monoisotopic (exact) mass is 708 g/mol. The van der Waals surface area contributed by atoms with E-state index in [9.17, 15) is 9.90 Å². The van der Waals surface area contributed by atoms with E-state index in [4.69, 9.17) is 41.9 Å². The Bertz CT molecular complexity index is 1800. The topological polar surface area (TPSA) is 142 Å². The lowest BCUT2D eigenvalue weighted by Gasteiger charge is -2.33. The molecule has 6 atom stereocenters. The minimum Gasteiger partial charge on any atom is -0.464 e. The first kappa shape index (κ1) is 35.3. The Morgan fingerprint density at radius 3 is 2.68 bits per heavy atom. The van der Waals surface area contributed by atoms with Crippen molar-refractivity contribution in [1.82, 2.24) is 24.6 Å². The highest BCUT2D eigenvalue weighted by molar-refractivity contribution is 8.09. The van der Waals surface area contributed by atoms with Gasteiger partial charge < -0.3 is 28.9 Å².